The normalized spacial score (nSPS) is 13.5. The quantitative estimate of drug-likeness (QED) is 0.338. The number of ether oxygens (including phenoxy) is 1. The third kappa shape index (κ3) is 5.34. The van der Waals surface area contributed by atoms with Gasteiger partial charge in [0.1, 0.15) is 5.75 Å². The fourth-order valence-corrected chi connectivity index (χ4v) is 4.83. The number of allylic oxidation sites excluding steroid dienone is 1. The number of sulfonamides is 1. The minimum Gasteiger partial charge on any atom is -0.429 e. The summed E-state index contributed by atoms with van der Waals surface area (Å²) in [7, 11) is -4.26. The van der Waals surface area contributed by atoms with E-state index in [1.165, 1.54) is 25.1 Å². The van der Waals surface area contributed by atoms with Crippen molar-refractivity contribution >= 4 is 27.5 Å². The van der Waals surface area contributed by atoms with Crippen LogP contribution in [0.5, 0.6) is 5.75 Å². The Kier molecular flexibility index (Phi) is 6.78. The molecule has 8 nitrogen and oxygen atoms in total. The zero-order chi connectivity index (χ0) is 26.8. The highest BCUT2D eigenvalue weighted by Gasteiger charge is 2.38. The lowest BCUT2D eigenvalue weighted by molar-refractivity contribution is -0.131. The van der Waals surface area contributed by atoms with Crippen molar-refractivity contribution in [1.29, 1.82) is 5.26 Å². The van der Waals surface area contributed by atoms with Crippen LogP contribution in [0.3, 0.4) is 0 Å². The Hall–Kier alpha value is -4.56. The Morgan fingerprint density at radius 3 is 2.43 bits per heavy atom. The molecular formula is C26H19F2N3O5S. The first-order valence-corrected chi connectivity index (χ1v) is 12.3. The number of hydrogen-bond acceptors (Lipinski definition) is 6. The van der Waals surface area contributed by atoms with E-state index >= 15 is 0 Å². The molecule has 0 aromatic heterocycles. The zero-order valence-corrected chi connectivity index (χ0v) is 20.1. The third-order valence-electron chi connectivity index (χ3n) is 5.39. The SMILES string of the molecule is C/C=C/C(F)(F)Oc1ccc(S(=O)(=O)Nc2cccc3c2C(=O)N(Cc2cccc(C#N)c2)C3=O)cc1. The topological polar surface area (TPSA) is 117 Å². The van der Waals surface area contributed by atoms with Crippen LogP contribution < -0.4 is 9.46 Å². The number of benzene rings is 3. The Labute approximate surface area is 211 Å². The summed E-state index contributed by atoms with van der Waals surface area (Å²) in [6, 6.07) is 16.9. The van der Waals surface area contributed by atoms with Gasteiger partial charge in [-0.25, -0.2) is 8.42 Å². The summed E-state index contributed by atoms with van der Waals surface area (Å²) in [5.41, 5.74) is 0.724. The van der Waals surface area contributed by atoms with Crippen molar-refractivity contribution in [3.8, 4) is 11.8 Å². The lowest BCUT2D eigenvalue weighted by Gasteiger charge is -2.15. The van der Waals surface area contributed by atoms with Gasteiger partial charge in [-0.3, -0.25) is 19.2 Å². The van der Waals surface area contributed by atoms with Gasteiger partial charge in [0.15, 0.2) is 0 Å². The Bertz CT molecular complexity index is 1560. The van der Waals surface area contributed by atoms with Crippen LogP contribution in [0.15, 0.2) is 83.8 Å². The smallest absolute Gasteiger partial charge is 0.419 e. The van der Waals surface area contributed by atoms with Gasteiger partial charge >= 0.3 is 6.11 Å². The molecule has 1 heterocycles. The first kappa shape index (κ1) is 25.5. The molecule has 3 aromatic carbocycles. The number of carbonyl (C=O) groups excluding carboxylic acids is 2. The standard InChI is InChI=1S/C26H19F2N3O5S/c1-2-13-26(27,28)36-19-9-11-20(12-10-19)37(34,35)30-22-8-4-7-21-23(22)25(33)31(24(21)32)16-18-6-3-5-17(14-18)15-29/h2-14,30H,16H2,1H3/b13-2+. The van der Waals surface area contributed by atoms with Gasteiger partial charge in [-0.1, -0.05) is 24.3 Å². The average molecular weight is 524 g/mol. The van der Waals surface area contributed by atoms with Crippen LogP contribution in [0.2, 0.25) is 0 Å². The van der Waals surface area contributed by atoms with Crippen LogP contribution >= 0.6 is 0 Å². The third-order valence-corrected chi connectivity index (χ3v) is 6.77. The predicted molar refractivity (Wildman–Crippen MR) is 129 cm³/mol. The van der Waals surface area contributed by atoms with Crippen LogP contribution in [-0.4, -0.2) is 31.2 Å². The van der Waals surface area contributed by atoms with Crippen molar-refractivity contribution in [2.75, 3.05) is 4.72 Å². The average Bonchev–Trinajstić information content (AvgIpc) is 3.09. The number of alkyl halides is 2. The number of halogens is 2. The summed E-state index contributed by atoms with van der Waals surface area (Å²) in [5.74, 6) is -1.55. The molecule has 1 N–H and O–H groups in total. The molecule has 188 valence electrons. The van der Waals surface area contributed by atoms with Crippen molar-refractivity contribution < 1.29 is 31.5 Å². The number of rotatable bonds is 8. The van der Waals surface area contributed by atoms with Gasteiger partial charge in [0.25, 0.3) is 21.8 Å². The molecular weight excluding hydrogens is 504 g/mol. The number of nitrogens with zero attached hydrogens (tertiary/aromatic N) is 2. The predicted octanol–water partition coefficient (Wildman–Crippen LogP) is 4.70. The van der Waals surface area contributed by atoms with Crippen molar-refractivity contribution in [2.45, 2.75) is 24.5 Å². The first-order chi connectivity index (χ1) is 17.5. The monoisotopic (exact) mass is 523 g/mol. The van der Waals surface area contributed by atoms with E-state index in [4.69, 9.17) is 5.26 Å². The lowest BCUT2D eigenvalue weighted by Crippen LogP contribution is -2.29. The highest BCUT2D eigenvalue weighted by atomic mass is 32.2. The Balaban J connectivity index is 1.58. The molecule has 0 radical (unpaired) electrons. The number of amides is 2. The van der Waals surface area contributed by atoms with Gasteiger partial charge in [-0.2, -0.15) is 14.0 Å². The molecule has 0 unspecified atom stereocenters. The van der Waals surface area contributed by atoms with Crippen molar-refractivity contribution in [1.82, 2.24) is 4.90 Å². The molecule has 4 rings (SSSR count). The van der Waals surface area contributed by atoms with E-state index < -0.39 is 27.9 Å². The number of nitriles is 1. The minimum atomic E-state index is -4.26. The van der Waals surface area contributed by atoms with Gasteiger partial charge in [0.2, 0.25) is 0 Å². The second-order valence-electron chi connectivity index (χ2n) is 7.98. The number of imide groups is 1. The molecule has 3 aromatic rings. The molecule has 37 heavy (non-hydrogen) atoms. The maximum Gasteiger partial charge on any atom is 0.419 e. The molecule has 0 fully saturated rings. The van der Waals surface area contributed by atoms with Gasteiger partial charge in [0, 0.05) is 6.08 Å². The number of anilines is 1. The fourth-order valence-electron chi connectivity index (χ4n) is 3.76. The zero-order valence-electron chi connectivity index (χ0n) is 19.3. The highest BCUT2D eigenvalue weighted by molar-refractivity contribution is 7.92. The summed E-state index contributed by atoms with van der Waals surface area (Å²) in [6.45, 7) is 1.30. The number of hydrogen-bond donors (Lipinski definition) is 1. The van der Waals surface area contributed by atoms with Gasteiger partial charge in [0.05, 0.1) is 39.9 Å². The molecule has 1 aliphatic rings. The second-order valence-corrected chi connectivity index (χ2v) is 9.66. The van der Waals surface area contributed by atoms with Crippen LogP contribution in [-0.2, 0) is 16.6 Å². The molecule has 0 aliphatic carbocycles. The molecule has 1 aliphatic heterocycles. The number of nitrogens with one attached hydrogen (secondary N) is 1. The van der Waals surface area contributed by atoms with Crippen molar-refractivity contribution in [3.05, 3.63) is 101 Å². The van der Waals surface area contributed by atoms with Gasteiger partial charge < -0.3 is 4.74 Å². The first-order valence-electron chi connectivity index (χ1n) is 10.9. The second kappa shape index (κ2) is 9.83. The number of carbonyl (C=O) groups is 2. The molecule has 0 saturated carbocycles. The maximum atomic E-state index is 13.6. The summed E-state index contributed by atoms with van der Waals surface area (Å²) < 4.78 is 60.0. The molecule has 0 saturated heterocycles. The van der Waals surface area contributed by atoms with E-state index in [9.17, 15) is 26.8 Å². The summed E-state index contributed by atoms with van der Waals surface area (Å²) in [4.78, 5) is 26.8. The summed E-state index contributed by atoms with van der Waals surface area (Å²) in [5, 5.41) is 9.09. The van der Waals surface area contributed by atoms with Crippen LogP contribution in [0.25, 0.3) is 0 Å². The van der Waals surface area contributed by atoms with Crippen molar-refractivity contribution in [3.63, 3.8) is 0 Å². The molecule has 0 atom stereocenters. The maximum absolute atomic E-state index is 13.6. The largest absolute Gasteiger partial charge is 0.429 e. The van der Waals surface area contributed by atoms with Crippen LogP contribution in [0, 0.1) is 11.3 Å². The van der Waals surface area contributed by atoms with E-state index in [-0.39, 0.29) is 34.0 Å². The van der Waals surface area contributed by atoms with Gasteiger partial charge in [-0.15, -0.1) is 0 Å². The highest BCUT2D eigenvalue weighted by Crippen LogP contribution is 2.32. The van der Waals surface area contributed by atoms with Crippen molar-refractivity contribution in [2.24, 2.45) is 0 Å². The van der Waals surface area contributed by atoms with Gasteiger partial charge in [-0.05, 0) is 61.0 Å². The van der Waals surface area contributed by atoms with E-state index in [2.05, 4.69) is 9.46 Å². The minimum absolute atomic E-state index is 0.0246. The van der Waals surface area contributed by atoms with E-state index in [0.717, 1.165) is 35.2 Å². The molecule has 11 heteroatoms. The Morgan fingerprint density at radius 1 is 1.05 bits per heavy atom. The molecule has 2 amide bonds. The van der Waals surface area contributed by atoms with Crippen LogP contribution in [0.1, 0.15) is 38.8 Å². The lowest BCUT2D eigenvalue weighted by atomic mass is 10.1. The van der Waals surface area contributed by atoms with Crippen LogP contribution in [0.4, 0.5) is 14.5 Å². The summed E-state index contributed by atoms with van der Waals surface area (Å²) in [6.07, 6.45) is -1.89. The Morgan fingerprint density at radius 2 is 1.76 bits per heavy atom. The van der Waals surface area contributed by atoms with E-state index in [0.29, 0.717) is 17.2 Å². The number of fused-ring (bicyclic) bond motifs is 1. The van der Waals surface area contributed by atoms with E-state index in [1.807, 2.05) is 6.07 Å². The fraction of sp³-hybridized carbons (Fsp3) is 0.115. The molecule has 0 spiro atoms. The summed E-state index contributed by atoms with van der Waals surface area (Å²) >= 11 is 0. The van der Waals surface area contributed by atoms with E-state index in [1.54, 1.807) is 24.3 Å². The molecule has 0 bridgehead atoms.